The molecule has 0 aliphatic rings. The minimum Gasteiger partial charge on any atom is -0.268 e. The molecule has 0 atom stereocenters. The van der Waals surface area contributed by atoms with Crippen molar-refractivity contribution in [1.82, 2.24) is 9.55 Å². The Morgan fingerprint density at radius 1 is 1.15 bits per heavy atom. The van der Waals surface area contributed by atoms with Crippen molar-refractivity contribution in [3.8, 4) is 5.69 Å². The van der Waals surface area contributed by atoms with Crippen LogP contribution in [0.15, 0.2) is 52.2 Å². The molecule has 5 heteroatoms. The van der Waals surface area contributed by atoms with Gasteiger partial charge in [0.1, 0.15) is 17.0 Å². The van der Waals surface area contributed by atoms with Crippen LogP contribution in [0, 0.1) is 12.7 Å². The molecule has 100 valence electrons. The maximum absolute atomic E-state index is 13.9. The smallest absolute Gasteiger partial charge is 0.268 e. The zero-order chi connectivity index (χ0) is 14.3. The van der Waals surface area contributed by atoms with Gasteiger partial charge in [0, 0.05) is 4.90 Å². The van der Waals surface area contributed by atoms with Crippen LogP contribution in [0.2, 0.25) is 0 Å². The summed E-state index contributed by atoms with van der Waals surface area (Å²) < 4.78 is 15.3. The number of hydrogen-bond donors (Lipinski definition) is 1. The van der Waals surface area contributed by atoms with Crippen molar-refractivity contribution in [3.63, 3.8) is 0 Å². The predicted octanol–water partition coefficient (Wildman–Crippen LogP) is 3.12. The third kappa shape index (κ3) is 2.00. The fourth-order valence-electron chi connectivity index (χ4n) is 2.21. The maximum atomic E-state index is 13.9. The van der Waals surface area contributed by atoms with Gasteiger partial charge in [0.25, 0.3) is 5.56 Å². The van der Waals surface area contributed by atoms with E-state index in [-0.39, 0.29) is 5.39 Å². The van der Waals surface area contributed by atoms with Gasteiger partial charge in [0.15, 0.2) is 0 Å². The van der Waals surface area contributed by atoms with Crippen molar-refractivity contribution in [3.05, 3.63) is 64.5 Å². The number of aryl methyl sites for hydroxylation is 1. The molecule has 0 radical (unpaired) electrons. The van der Waals surface area contributed by atoms with Crippen molar-refractivity contribution in [1.29, 1.82) is 0 Å². The summed E-state index contributed by atoms with van der Waals surface area (Å²) in [6.07, 6.45) is 0. The normalized spacial score (nSPS) is 10.9. The highest BCUT2D eigenvalue weighted by Crippen LogP contribution is 2.16. The fourth-order valence-corrected chi connectivity index (χ4v) is 2.36. The summed E-state index contributed by atoms with van der Waals surface area (Å²) in [4.78, 5) is 17.6. The van der Waals surface area contributed by atoms with Crippen LogP contribution in [-0.4, -0.2) is 9.55 Å². The van der Waals surface area contributed by atoms with Crippen molar-refractivity contribution >= 4 is 23.5 Å². The number of nitrogens with zero attached hydrogens (tertiary/aromatic N) is 2. The summed E-state index contributed by atoms with van der Waals surface area (Å²) in [7, 11) is 0. The number of halogens is 1. The van der Waals surface area contributed by atoms with Gasteiger partial charge in [-0.1, -0.05) is 6.07 Å². The minimum atomic E-state index is -0.556. The lowest BCUT2D eigenvalue weighted by molar-refractivity contribution is 0.637. The fraction of sp³-hybridized carbons (Fsp3) is 0.0667. The van der Waals surface area contributed by atoms with Gasteiger partial charge in [-0.05, 0) is 43.3 Å². The molecule has 0 saturated carbocycles. The standard InChI is InChI=1S/C15H11FN2OS/c1-9-17-13-4-2-3-12(16)14(13)15(19)18(9)10-5-7-11(20)8-6-10/h2-8,20H,1H3. The maximum Gasteiger partial charge on any atom is 0.268 e. The highest BCUT2D eigenvalue weighted by atomic mass is 32.1. The van der Waals surface area contributed by atoms with E-state index in [1.54, 1.807) is 43.3 Å². The Bertz CT molecular complexity index is 856. The average Bonchev–Trinajstić information content (AvgIpc) is 2.40. The van der Waals surface area contributed by atoms with Crippen LogP contribution < -0.4 is 5.56 Å². The molecule has 0 unspecified atom stereocenters. The van der Waals surface area contributed by atoms with Gasteiger partial charge >= 0.3 is 0 Å². The van der Waals surface area contributed by atoms with E-state index in [9.17, 15) is 9.18 Å². The molecule has 3 aromatic rings. The van der Waals surface area contributed by atoms with E-state index in [2.05, 4.69) is 17.6 Å². The van der Waals surface area contributed by atoms with Crippen LogP contribution in [0.5, 0.6) is 0 Å². The predicted molar refractivity (Wildman–Crippen MR) is 79.3 cm³/mol. The van der Waals surface area contributed by atoms with E-state index in [1.807, 2.05) is 0 Å². The molecule has 1 aromatic heterocycles. The Kier molecular flexibility index (Phi) is 3.06. The molecule has 0 N–H and O–H groups in total. The lowest BCUT2D eigenvalue weighted by Crippen LogP contribution is -2.23. The van der Waals surface area contributed by atoms with E-state index in [0.29, 0.717) is 17.0 Å². The quantitative estimate of drug-likeness (QED) is 0.698. The highest BCUT2D eigenvalue weighted by Gasteiger charge is 2.12. The molecule has 0 amide bonds. The molecule has 0 fully saturated rings. The summed E-state index contributed by atoms with van der Waals surface area (Å²) in [5, 5.41) is 0.00745. The molecule has 3 nitrogen and oxygen atoms in total. The van der Waals surface area contributed by atoms with E-state index in [4.69, 9.17) is 0 Å². The summed E-state index contributed by atoms with van der Waals surface area (Å²) in [5.41, 5.74) is 0.607. The number of fused-ring (bicyclic) bond motifs is 1. The molecule has 20 heavy (non-hydrogen) atoms. The van der Waals surface area contributed by atoms with Crippen LogP contribution >= 0.6 is 12.6 Å². The monoisotopic (exact) mass is 286 g/mol. The number of hydrogen-bond acceptors (Lipinski definition) is 3. The Morgan fingerprint density at radius 3 is 2.55 bits per heavy atom. The molecule has 0 aliphatic heterocycles. The molecule has 2 aromatic carbocycles. The van der Waals surface area contributed by atoms with E-state index < -0.39 is 11.4 Å². The van der Waals surface area contributed by atoms with Gasteiger partial charge in [-0.2, -0.15) is 0 Å². The molecule has 3 rings (SSSR count). The Labute approximate surface area is 120 Å². The lowest BCUT2D eigenvalue weighted by Gasteiger charge is -2.11. The molecule has 0 bridgehead atoms. The number of thiol groups is 1. The summed E-state index contributed by atoms with van der Waals surface area (Å²) in [6, 6.07) is 11.5. The van der Waals surface area contributed by atoms with Gasteiger partial charge in [0.05, 0.1) is 11.2 Å². The second-order valence-corrected chi connectivity index (χ2v) is 4.97. The Balaban J connectivity index is 2.39. The summed E-state index contributed by atoms with van der Waals surface area (Å²) in [6.45, 7) is 1.72. The van der Waals surface area contributed by atoms with Crippen LogP contribution in [0.3, 0.4) is 0 Å². The van der Waals surface area contributed by atoms with Gasteiger partial charge in [-0.25, -0.2) is 9.37 Å². The number of benzene rings is 2. The molecular weight excluding hydrogens is 275 g/mol. The number of rotatable bonds is 1. The van der Waals surface area contributed by atoms with Gasteiger partial charge in [-0.15, -0.1) is 12.6 Å². The minimum absolute atomic E-state index is 0.00745. The molecule has 0 spiro atoms. The first kappa shape index (κ1) is 12.9. The third-order valence-electron chi connectivity index (χ3n) is 3.12. The largest absolute Gasteiger partial charge is 0.268 e. The highest BCUT2D eigenvalue weighted by molar-refractivity contribution is 7.80. The average molecular weight is 286 g/mol. The van der Waals surface area contributed by atoms with E-state index in [1.165, 1.54) is 10.6 Å². The first-order chi connectivity index (χ1) is 9.58. The van der Waals surface area contributed by atoms with Crippen LogP contribution in [-0.2, 0) is 0 Å². The summed E-state index contributed by atoms with van der Waals surface area (Å²) in [5.74, 6) is -0.0421. The summed E-state index contributed by atoms with van der Waals surface area (Å²) >= 11 is 4.21. The topological polar surface area (TPSA) is 34.9 Å². The van der Waals surface area contributed by atoms with Crippen molar-refractivity contribution in [2.45, 2.75) is 11.8 Å². The SMILES string of the molecule is Cc1nc2cccc(F)c2c(=O)n1-c1ccc(S)cc1. The Morgan fingerprint density at radius 2 is 1.85 bits per heavy atom. The molecular formula is C15H11FN2OS. The Hall–Kier alpha value is -2.14. The van der Waals surface area contributed by atoms with Crippen LogP contribution in [0.1, 0.15) is 5.82 Å². The first-order valence-electron chi connectivity index (χ1n) is 6.05. The first-order valence-corrected chi connectivity index (χ1v) is 6.50. The lowest BCUT2D eigenvalue weighted by atomic mass is 10.2. The van der Waals surface area contributed by atoms with E-state index >= 15 is 0 Å². The molecule has 0 aliphatic carbocycles. The number of aromatic nitrogens is 2. The van der Waals surface area contributed by atoms with Gasteiger partial charge in [-0.3, -0.25) is 9.36 Å². The third-order valence-corrected chi connectivity index (χ3v) is 3.42. The van der Waals surface area contributed by atoms with Crippen LogP contribution in [0.4, 0.5) is 4.39 Å². The molecule has 1 heterocycles. The second-order valence-electron chi connectivity index (χ2n) is 4.45. The van der Waals surface area contributed by atoms with Crippen LogP contribution in [0.25, 0.3) is 16.6 Å². The van der Waals surface area contributed by atoms with Crippen molar-refractivity contribution in [2.75, 3.05) is 0 Å². The van der Waals surface area contributed by atoms with Crippen molar-refractivity contribution in [2.24, 2.45) is 0 Å². The van der Waals surface area contributed by atoms with Gasteiger partial charge < -0.3 is 0 Å². The molecule has 0 saturated heterocycles. The second kappa shape index (κ2) is 4.76. The van der Waals surface area contributed by atoms with Crippen molar-refractivity contribution < 1.29 is 4.39 Å². The zero-order valence-electron chi connectivity index (χ0n) is 10.7. The zero-order valence-corrected chi connectivity index (χ0v) is 11.6. The van der Waals surface area contributed by atoms with Gasteiger partial charge in [0.2, 0.25) is 0 Å². The van der Waals surface area contributed by atoms with E-state index in [0.717, 1.165) is 4.90 Å².